The minimum absolute atomic E-state index is 0.322. The molecule has 1 saturated heterocycles. The number of fused-ring (bicyclic) bond motifs is 1. The summed E-state index contributed by atoms with van der Waals surface area (Å²) in [6.45, 7) is 9.29. The highest BCUT2D eigenvalue weighted by Gasteiger charge is 2.20. The van der Waals surface area contributed by atoms with Crippen molar-refractivity contribution in [3.63, 3.8) is 0 Å². The van der Waals surface area contributed by atoms with E-state index in [1.165, 1.54) is 16.7 Å². The van der Waals surface area contributed by atoms with Gasteiger partial charge in [-0.05, 0) is 61.0 Å². The van der Waals surface area contributed by atoms with Crippen molar-refractivity contribution in [2.45, 2.75) is 20.4 Å². The zero-order valence-electron chi connectivity index (χ0n) is 15.8. The van der Waals surface area contributed by atoms with Crippen LogP contribution in [0.1, 0.15) is 16.7 Å². The maximum absolute atomic E-state index is 5.65. The lowest BCUT2D eigenvalue weighted by Gasteiger charge is -2.36. The number of nitrogens with one attached hydrogen (secondary N) is 1. The van der Waals surface area contributed by atoms with Gasteiger partial charge in [-0.2, -0.15) is 0 Å². The van der Waals surface area contributed by atoms with Gasteiger partial charge in [0.15, 0.2) is 16.6 Å². The van der Waals surface area contributed by atoms with E-state index in [-0.39, 0.29) is 0 Å². The number of piperazine rings is 1. The predicted molar refractivity (Wildman–Crippen MR) is 112 cm³/mol. The molecule has 5 nitrogen and oxygen atoms in total. The van der Waals surface area contributed by atoms with Crippen LogP contribution in [0.25, 0.3) is 0 Å². The van der Waals surface area contributed by atoms with Crippen molar-refractivity contribution in [2.24, 2.45) is 0 Å². The SMILES string of the molecule is Cc1ccc(C)c(NC(=S)N2CCN(Cc3ccc4c(c3)OCO4)CC2)c1. The van der Waals surface area contributed by atoms with E-state index in [1.807, 2.05) is 6.07 Å². The van der Waals surface area contributed by atoms with Gasteiger partial charge in [-0.3, -0.25) is 4.90 Å². The first-order valence-corrected chi connectivity index (χ1v) is 9.73. The summed E-state index contributed by atoms with van der Waals surface area (Å²) in [5, 5.41) is 4.23. The lowest BCUT2D eigenvalue weighted by molar-refractivity contribution is 0.173. The van der Waals surface area contributed by atoms with Crippen LogP contribution in [0.4, 0.5) is 5.69 Å². The highest BCUT2D eigenvalue weighted by atomic mass is 32.1. The van der Waals surface area contributed by atoms with E-state index < -0.39 is 0 Å². The molecule has 0 saturated carbocycles. The zero-order valence-corrected chi connectivity index (χ0v) is 16.6. The summed E-state index contributed by atoms with van der Waals surface area (Å²) >= 11 is 5.65. The molecule has 0 aromatic heterocycles. The molecule has 0 unspecified atom stereocenters. The molecule has 0 aliphatic carbocycles. The normalized spacial score (nSPS) is 16.4. The van der Waals surface area contributed by atoms with Crippen molar-refractivity contribution < 1.29 is 9.47 Å². The molecule has 2 aliphatic heterocycles. The van der Waals surface area contributed by atoms with E-state index in [1.54, 1.807) is 0 Å². The third kappa shape index (κ3) is 4.17. The summed E-state index contributed by atoms with van der Waals surface area (Å²) in [4.78, 5) is 4.71. The monoisotopic (exact) mass is 383 g/mol. The molecule has 6 heteroatoms. The van der Waals surface area contributed by atoms with Crippen LogP contribution in [-0.2, 0) is 6.54 Å². The molecule has 142 valence electrons. The number of ether oxygens (including phenoxy) is 2. The molecule has 2 aromatic rings. The molecule has 4 rings (SSSR count). The van der Waals surface area contributed by atoms with Crippen LogP contribution in [0.15, 0.2) is 36.4 Å². The zero-order chi connectivity index (χ0) is 18.8. The van der Waals surface area contributed by atoms with Crippen molar-refractivity contribution in [1.29, 1.82) is 0 Å². The molecule has 0 spiro atoms. The molecule has 0 bridgehead atoms. The van der Waals surface area contributed by atoms with Crippen LogP contribution < -0.4 is 14.8 Å². The summed E-state index contributed by atoms with van der Waals surface area (Å²) in [6.07, 6.45) is 0. The van der Waals surface area contributed by atoms with Crippen molar-refractivity contribution in [3.8, 4) is 11.5 Å². The van der Waals surface area contributed by atoms with Gasteiger partial charge in [-0.25, -0.2) is 0 Å². The van der Waals surface area contributed by atoms with Gasteiger partial charge in [-0.15, -0.1) is 0 Å². The average molecular weight is 384 g/mol. The fourth-order valence-corrected chi connectivity index (χ4v) is 3.76. The Labute approximate surface area is 165 Å². The van der Waals surface area contributed by atoms with Crippen molar-refractivity contribution in [1.82, 2.24) is 9.80 Å². The Bertz CT molecular complexity index is 847. The molecule has 2 aliphatic rings. The Kier molecular flexibility index (Phi) is 5.18. The quantitative estimate of drug-likeness (QED) is 0.817. The van der Waals surface area contributed by atoms with E-state index in [9.17, 15) is 0 Å². The van der Waals surface area contributed by atoms with Crippen molar-refractivity contribution in [3.05, 3.63) is 53.1 Å². The smallest absolute Gasteiger partial charge is 0.231 e. The molecule has 1 fully saturated rings. The fraction of sp³-hybridized carbons (Fsp3) is 0.381. The average Bonchev–Trinajstić information content (AvgIpc) is 3.13. The molecule has 0 radical (unpaired) electrons. The van der Waals surface area contributed by atoms with Crippen molar-refractivity contribution >= 4 is 23.0 Å². The number of hydrogen-bond donors (Lipinski definition) is 1. The third-order valence-corrected chi connectivity index (χ3v) is 5.50. The Morgan fingerprint density at radius 3 is 2.59 bits per heavy atom. The molecular formula is C21H25N3O2S. The number of thiocarbonyl (C=S) groups is 1. The summed E-state index contributed by atoms with van der Waals surface area (Å²) in [7, 11) is 0. The number of hydrogen-bond acceptors (Lipinski definition) is 4. The molecule has 1 N–H and O–H groups in total. The topological polar surface area (TPSA) is 37.0 Å². The highest BCUT2D eigenvalue weighted by Crippen LogP contribution is 2.32. The van der Waals surface area contributed by atoms with Gasteiger partial charge >= 0.3 is 0 Å². The Morgan fingerprint density at radius 2 is 1.78 bits per heavy atom. The number of rotatable bonds is 3. The third-order valence-electron chi connectivity index (χ3n) is 5.14. The largest absolute Gasteiger partial charge is 0.454 e. The molecule has 2 heterocycles. The number of benzene rings is 2. The second-order valence-electron chi connectivity index (χ2n) is 7.20. The van der Waals surface area contributed by atoms with Crippen LogP contribution in [0, 0.1) is 13.8 Å². The summed E-state index contributed by atoms with van der Waals surface area (Å²) in [6, 6.07) is 12.6. The summed E-state index contributed by atoms with van der Waals surface area (Å²) in [5.74, 6) is 1.69. The van der Waals surface area contributed by atoms with Crippen LogP contribution in [0.2, 0.25) is 0 Å². The van der Waals surface area contributed by atoms with Gasteiger partial charge < -0.3 is 19.7 Å². The van der Waals surface area contributed by atoms with E-state index >= 15 is 0 Å². The Morgan fingerprint density at radius 1 is 1.00 bits per heavy atom. The number of anilines is 1. The van der Waals surface area contributed by atoms with E-state index in [4.69, 9.17) is 21.7 Å². The van der Waals surface area contributed by atoms with E-state index in [2.05, 4.69) is 59.3 Å². The molecule has 0 amide bonds. The minimum atomic E-state index is 0.322. The van der Waals surface area contributed by atoms with Crippen LogP contribution >= 0.6 is 12.2 Å². The van der Waals surface area contributed by atoms with Gasteiger partial charge in [0.1, 0.15) is 0 Å². The molecule has 2 aromatic carbocycles. The van der Waals surface area contributed by atoms with Gasteiger partial charge in [0.2, 0.25) is 6.79 Å². The second-order valence-corrected chi connectivity index (χ2v) is 7.59. The maximum atomic E-state index is 5.65. The number of nitrogens with zero attached hydrogens (tertiary/aromatic N) is 2. The van der Waals surface area contributed by atoms with Gasteiger partial charge in [0, 0.05) is 38.4 Å². The highest BCUT2D eigenvalue weighted by molar-refractivity contribution is 7.80. The summed E-state index contributed by atoms with van der Waals surface area (Å²) in [5.41, 5.74) is 4.80. The van der Waals surface area contributed by atoms with E-state index in [0.717, 1.165) is 55.0 Å². The standard InChI is InChI=1S/C21H25N3O2S/c1-15-3-4-16(2)18(11-15)22-21(27)24-9-7-23(8-10-24)13-17-5-6-19-20(12-17)26-14-25-19/h3-6,11-12H,7-10,13-14H2,1-2H3,(H,22,27). The first kappa shape index (κ1) is 18.1. The lowest BCUT2D eigenvalue weighted by atomic mass is 10.1. The molecule has 27 heavy (non-hydrogen) atoms. The first-order chi connectivity index (χ1) is 13.1. The van der Waals surface area contributed by atoms with Gasteiger partial charge in [0.05, 0.1) is 0 Å². The minimum Gasteiger partial charge on any atom is -0.454 e. The fourth-order valence-electron chi connectivity index (χ4n) is 3.47. The lowest BCUT2D eigenvalue weighted by Crippen LogP contribution is -2.49. The molecular weight excluding hydrogens is 358 g/mol. The van der Waals surface area contributed by atoms with Gasteiger partial charge in [-0.1, -0.05) is 18.2 Å². The second kappa shape index (κ2) is 7.74. The maximum Gasteiger partial charge on any atom is 0.231 e. The Hall–Kier alpha value is -2.31. The summed E-state index contributed by atoms with van der Waals surface area (Å²) < 4.78 is 10.9. The van der Waals surface area contributed by atoms with Crippen LogP contribution in [0.5, 0.6) is 11.5 Å². The molecule has 0 atom stereocenters. The van der Waals surface area contributed by atoms with Crippen LogP contribution in [0.3, 0.4) is 0 Å². The van der Waals surface area contributed by atoms with Crippen molar-refractivity contribution in [2.75, 3.05) is 38.3 Å². The Balaban J connectivity index is 1.30. The number of aryl methyl sites for hydroxylation is 2. The van der Waals surface area contributed by atoms with Crippen LogP contribution in [-0.4, -0.2) is 47.9 Å². The first-order valence-electron chi connectivity index (χ1n) is 9.32. The predicted octanol–water partition coefficient (Wildman–Crippen LogP) is 3.55. The van der Waals surface area contributed by atoms with E-state index in [0.29, 0.717) is 6.79 Å². The van der Waals surface area contributed by atoms with Gasteiger partial charge in [0.25, 0.3) is 0 Å².